The van der Waals surface area contributed by atoms with Crippen LogP contribution in [0.1, 0.15) is 31.4 Å². The molecule has 2 atom stereocenters. The van der Waals surface area contributed by atoms with Crippen LogP contribution >= 0.6 is 0 Å². The molecule has 0 spiro atoms. The van der Waals surface area contributed by atoms with E-state index in [4.69, 9.17) is 4.74 Å². The molecule has 148 valence electrons. The maximum atomic E-state index is 13.3. The topological polar surface area (TPSA) is 66.9 Å². The molecule has 4 rings (SSSR count). The fourth-order valence-corrected chi connectivity index (χ4v) is 5.59. The lowest BCUT2D eigenvalue weighted by molar-refractivity contribution is -0.117. The van der Waals surface area contributed by atoms with Gasteiger partial charge in [-0.05, 0) is 43.2 Å². The number of carbonyl (C=O) groups excluding carboxylic acids is 1. The van der Waals surface area contributed by atoms with E-state index in [9.17, 15) is 13.2 Å². The van der Waals surface area contributed by atoms with E-state index in [0.29, 0.717) is 26.1 Å². The second-order valence-corrected chi connectivity index (χ2v) is 9.09. The zero-order chi connectivity index (χ0) is 19.7. The van der Waals surface area contributed by atoms with Crippen LogP contribution in [0.5, 0.6) is 0 Å². The highest BCUT2D eigenvalue weighted by molar-refractivity contribution is 7.89. The van der Waals surface area contributed by atoms with Gasteiger partial charge < -0.3 is 9.64 Å². The lowest BCUT2D eigenvalue weighted by atomic mass is 10.0. The molecular formula is C21H24N2O4S. The van der Waals surface area contributed by atoms with Crippen molar-refractivity contribution < 1.29 is 17.9 Å². The fraction of sp³-hybridized carbons (Fsp3) is 0.381. The molecule has 2 saturated heterocycles. The highest BCUT2D eigenvalue weighted by Crippen LogP contribution is 2.32. The van der Waals surface area contributed by atoms with E-state index in [1.165, 1.54) is 4.31 Å². The molecule has 2 aromatic rings. The minimum absolute atomic E-state index is 0.0862. The second kappa shape index (κ2) is 7.66. The third-order valence-corrected chi connectivity index (χ3v) is 7.46. The first-order chi connectivity index (χ1) is 13.5. The molecular weight excluding hydrogens is 376 g/mol. The summed E-state index contributed by atoms with van der Waals surface area (Å²) in [7, 11) is -3.66. The predicted molar refractivity (Wildman–Crippen MR) is 107 cm³/mol. The zero-order valence-corrected chi connectivity index (χ0v) is 16.6. The minimum Gasteiger partial charge on any atom is -0.370 e. The standard InChI is InChI=1S/C21H24N2O4S/c1-16-21(17-6-3-2-4-7-17)27-15-14-23(16)28(25,26)19-11-9-18(10-12-19)22-13-5-8-20(22)24/h2-4,6-7,9-12,16,21H,5,8,13-15H2,1H3/t16-,21+/m1/s1. The number of ether oxygens (including phenoxy) is 1. The second-order valence-electron chi connectivity index (χ2n) is 7.20. The van der Waals surface area contributed by atoms with Crippen LogP contribution in [0, 0.1) is 0 Å². The molecule has 0 aliphatic carbocycles. The Morgan fingerprint density at radius 3 is 2.36 bits per heavy atom. The fourth-order valence-electron chi connectivity index (χ4n) is 3.97. The molecule has 2 heterocycles. The van der Waals surface area contributed by atoms with Gasteiger partial charge in [-0.25, -0.2) is 8.42 Å². The Kier molecular flexibility index (Phi) is 5.23. The van der Waals surface area contributed by atoms with E-state index in [0.717, 1.165) is 17.7 Å². The van der Waals surface area contributed by atoms with E-state index in [1.807, 2.05) is 37.3 Å². The van der Waals surface area contributed by atoms with Crippen LogP contribution in [-0.2, 0) is 19.6 Å². The normalized spacial score (nSPS) is 23.9. The van der Waals surface area contributed by atoms with E-state index in [-0.39, 0.29) is 22.9 Å². The first-order valence-corrected chi connectivity index (χ1v) is 11.0. The van der Waals surface area contributed by atoms with Crippen LogP contribution in [0.15, 0.2) is 59.5 Å². The highest BCUT2D eigenvalue weighted by atomic mass is 32.2. The molecule has 6 nitrogen and oxygen atoms in total. The van der Waals surface area contributed by atoms with Gasteiger partial charge in [-0.3, -0.25) is 4.79 Å². The van der Waals surface area contributed by atoms with Crippen molar-refractivity contribution in [2.24, 2.45) is 0 Å². The molecule has 2 aromatic carbocycles. The first kappa shape index (κ1) is 19.1. The summed E-state index contributed by atoms with van der Waals surface area (Å²) in [5, 5.41) is 0. The van der Waals surface area contributed by atoms with E-state index >= 15 is 0 Å². The van der Waals surface area contributed by atoms with E-state index < -0.39 is 10.0 Å². The summed E-state index contributed by atoms with van der Waals surface area (Å²) in [6.45, 7) is 3.23. The molecule has 0 N–H and O–H groups in total. The number of rotatable bonds is 4. The van der Waals surface area contributed by atoms with Crippen molar-refractivity contribution in [3.8, 4) is 0 Å². The summed E-state index contributed by atoms with van der Waals surface area (Å²) >= 11 is 0. The summed E-state index contributed by atoms with van der Waals surface area (Å²) in [6.07, 6.45) is 1.09. The van der Waals surface area contributed by atoms with Gasteiger partial charge in [0.05, 0.1) is 23.6 Å². The van der Waals surface area contributed by atoms with Crippen molar-refractivity contribution in [1.82, 2.24) is 4.31 Å². The average molecular weight is 401 g/mol. The van der Waals surface area contributed by atoms with Gasteiger partial charge in [0.1, 0.15) is 0 Å². The maximum absolute atomic E-state index is 13.3. The first-order valence-electron chi connectivity index (χ1n) is 9.57. The smallest absolute Gasteiger partial charge is 0.243 e. The third kappa shape index (κ3) is 3.45. The Balaban J connectivity index is 1.58. The van der Waals surface area contributed by atoms with Crippen LogP contribution in [0.4, 0.5) is 5.69 Å². The number of hydrogen-bond donors (Lipinski definition) is 0. The molecule has 0 radical (unpaired) electrons. The van der Waals surface area contributed by atoms with Gasteiger partial charge in [0.25, 0.3) is 0 Å². The van der Waals surface area contributed by atoms with Crippen LogP contribution in [0.3, 0.4) is 0 Å². The molecule has 0 aromatic heterocycles. The van der Waals surface area contributed by atoms with Crippen molar-refractivity contribution in [3.05, 3.63) is 60.2 Å². The van der Waals surface area contributed by atoms with Gasteiger partial charge in [0.15, 0.2) is 0 Å². The van der Waals surface area contributed by atoms with Gasteiger partial charge in [0, 0.05) is 25.2 Å². The van der Waals surface area contributed by atoms with Crippen LogP contribution in [0.25, 0.3) is 0 Å². The number of amides is 1. The minimum atomic E-state index is -3.66. The molecule has 2 aliphatic rings. The van der Waals surface area contributed by atoms with Gasteiger partial charge in [-0.15, -0.1) is 0 Å². The van der Waals surface area contributed by atoms with Gasteiger partial charge in [0.2, 0.25) is 15.9 Å². The Bertz CT molecular complexity index is 944. The summed E-state index contributed by atoms with van der Waals surface area (Å²) in [5.74, 6) is 0.0862. The zero-order valence-electron chi connectivity index (χ0n) is 15.8. The van der Waals surface area contributed by atoms with Crippen LogP contribution in [0.2, 0.25) is 0 Å². The number of benzene rings is 2. The molecule has 7 heteroatoms. The Hall–Kier alpha value is -2.22. The Labute approximate surface area is 165 Å². The Morgan fingerprint density at radius 2 is 1.71 bits per heavy atom. The highest BCUT2D eigenvalue weighted by Gasteiger charge is 2.38. The van der Waals surface area contributed by atoms with Crippen molar-refractivity contribution in [2.75, 3.05) is 24.6 Å². The molecule has 0 saturated carbocycles. The van der Waals surface area contributed by atoms with Gasteiger partial charge in [-0.1, -0.05) is 30.3 Å². The van der Waals surface area contributed by atoms with Gasteiger partial charge >= 0.3 is 0 Å². The summed E-state index contributed by atoms with van der Waals surface area (Å²) in [5.41, 5.74) is 1.72. The molecule has 1 amide bonds. The number of sulfonamides is 1. The largest absolute Gasteiger partial charge is 0.370 e. The SMILES string of the molecule is C[C@@H]1[C@@H](c2ccccc2)OCCN1S(=O)(=O)c1ccc(N2CCCC2=O)cc1. The number of hydrogen-bond acceptors (Lipinski definition) is 4. The predicted octanol–water partition coefficient (Wildman–Crippen LogP) is 2.96. The van der Waals surface area contributed by atoms with Crippen molar-refractivity contribution in [1.29, 1.82) is 0 Å². The molecule has 0 unspecified atom stereocenters. The summed E-state index contributed by atoms with van der Waals surface area (Å²) < 4.78 is 33.9. The average Bonchev–Trinajstić information content (AvgIpc) is 3.14. The quantitative estimate of drug-likeness (QED) is 0.791. The molecule has 2 fully saturated rings. The lowest BCUT2D eigenvalue weighted by Gasteiger charge is -2.38. The molecule has 28 heavy (non-hydrogen) atoms. The Morgan fingerprint density at radius 1 is 1.00 bits per heavy atom. The third-order valence-electron chi connectivity index (χ3n) is 5.46. The maximum Gasteiger partial charge on any atom is 0.243 e. The van der Waals surface area contributed by atoms with Crippen LogP contribution < -0.4 is 4.90 Å². The van der Waals surface area contributed by atoms with Crippen molar-refractivity contribution >= 4 is 21.6 Å². The summed E-state index contributed by atoms with van der Waals surface area (Å²) in [6, 6.07) is 16.0. The monoisotopic (exact) mass is 400 g/mol. The van der Waals surface area contributed by atoms with Gasteiger partial charge in [-0.2, -0.15) is 4.31 Å². The van der Waals surface area contributed by atoms with E-state index in [1.54, 1.807) is 29.2 Å². The van der Waals surface area contributed by atoms with Crippen molar-refractivity contribution in [2.45, 2.75) is 36.8 Å². The molecule has 0 bridgehead atoms. The number of morpholine rings is 1. The number of nitrogens with zero attached hydrogens (tertiary/aromatic N) is 2. The summed E-state index contributed by atoms with van der Waals surface area (Å²) in [4.78, 5) is 13.9. The molecule has 2 aliphatic heterocycles. The van der Waals surface area contributed by atoms with Crippen LogP contribution in [-0.4, -0.2) is 44.4 Å². The number of carbonyl (C=O) groups is 1. The lowest BCUT2D eigenvalue weighted by Crippen LogP contribution is -2.48. The van der Waals surface area contributed by atoms with Crippen molar-refractivity contribution in [3.63, 3.8) is 0 Å². The number of anilines is 1. The van der Waals surface area contributed by atoms with E-state index in [2.05, 4.69) is 0 Å².